The van der Waals surface area contributed by atoms with Gasteiger partial charge in [-0.2, -0.15) is 0 Å². The Morgan fingerprint density at radius 3 is 2.61 bits per heavy atom. The van der Waals surface area contributed by atoms with Crippen LogP contribution in [0, 0.1) is 5.92 Å². The van der Waals surface area contributed by atoms with Gasteiger partial charge in [-0.15, -0.1) is 0 Å². The third-order valence-corrected chi connectivity index (χ3v) is 3.81. The Kier molecular flexibility index (Phi) is 4.58. The van der Waals surface area contributed by atoms with E-state index in [1.165, 1.54) is 0 Å². The van der Waals surface area contributed by atoms with Gasteiger partial charge in [-0.1, -0.05) is 0 Å². The third kappa shape index (κ3) is 3.22. The van der Waals surface area contributed by atoms with E-state index in [1.54, 1.807) is 6.92 Å². The van der Waals surface area contributed by atoms with Crippen LogP contribution in [0.2, 0.25) is 0 Å². The number of likely N-dealkylation sites (tertiary alicyclic amines) is 1. The zero-order valence-corrected chi connectivity index (χ0v) is 11.1. The van der Waals surface area contributed by atoms with Gasteiger partial charge >= 0.3 is 0 Å². The Morgan fingerprint density at radius 1 is 1.28 bits per heavy atom. The molecule has 0 spiro atoms. The fourth-order valence-electron chi connectivity index (χ4n) is 2.68. The molecule has 0 bridgehead atoms. The number of carbonyl (C=O) groups excluding carboxylic acids is 2. The van der Waals surface area contributed by atoms with E-state index in [4.69, 9.17) is 0 Å². The molecule has 102 valence electrons. The molecule has 2 rings (SSSR count). The van der Waals surface area contributed by atoms with Gasteiger partial charge < -0.3 is 15.5 Å². The summed E-state index contributed by atoms with van der Waals surface area (Å²) in [6, 6.07) is -0.391. The summed E-state index contributed by atoms with van der Waals surface area (Å²) in [6.07, 6.45) is 4.12. The van der Waals surface area contributed by atoms with E-state index in [0.29, 0.717) is 0 Å². The first-order chi connectivity index (χ1) is 8.68. The average Bonchev–Trinajstić information content (AvgIpc) is 2.92. The standard InChI is InChI=1S/C13H23N3O2/c1-10(13(18)16-7-2-3-8-16)15-12(17)11-5-4-6-14-9-11/h10-11,14H,2-9H2,1H3,(H,15,17). The van der Waals surface area contributed by atoms with Crippen LogP contribution in [0.3, 0.4) is 0 Å². The van der Waals surface area contributed by atoms with Crippen molar-refractivity contribution in [2.45, 2.75) is 38.6 Å². The first-order valence-electron chi connectivity index (χ1n) is 6.98. The highest BCUT2D eigenvalue weighted by molar-refractivity contribution is 5.88. The molecule has 0 radical (unpaired) electrons. The monoisotopic (exact) mass is 253 g/mol. The molecular formula is C13H23N3O2. The predicted molar refractivity (Wildman–Crippen MR) is 69.0 cm³/mol. The second kappa shape index (κ2) is 6.18. The lowest BCUT2D eigenvalue weighted by atomic mass is 9.98. The number of piperidine rings is 1. The lowest BCUT2D eigenvalue weighted by Gasteiger charge is -2.25. The highest BCUT2D eigenvalue weighted by atomic mass is 16.2. The maximum Gasteiger partial charge on any atom is 0.244 e. The summed E-state index contributed by atoms with van der Waals surface area (Å²) in [6.45, 7) is 5.19. The summed E-state index contributed by atoms with van der Waals surface area (Å²) in [5.74, 6) is 0.0967. The van der Waals surface area contributed by atoms with Crippen molar-refractivity contribution in [3.8, 4) is 0 Å². The van der Waals surface area contributed by atoms with Crippen molar-refractivity contribution in [3.63, 3.8) is 0 Å². The van der Waals surface area contributed by atoms with Gasteiger partial charge in [0.25, 0.3) is 0 Å². The number of nitrogens with one attached hydrogen (secondary N) is 2. The highest BCUT2D eigenvalue weighted by Crippen LogP contribution is 2.12. The lowest BCUT2D eigenvalue weighted by Crippen LogP contribution is -2.49. The molecule has 0 aromatic carbocycles. The van der Waals surface area contributed by atoms with Crippen LogP contribution in [0.15, 0.2) is 0 Å². The van der Waals surface area contributed by atoms with Crippen LogP contribution in [-0.2, 0) is 9.59 Å². The number of hydrogen-bond donors (Lipinski definition) is 2. The third-order valence-electron chi connectivity index (χ3n) is 3.81. The van der Waals surface area contributed by atoms with E-state index in [2.05, 4.69) is 10.6 Å². The van der Waals surface area contributed by atoms with Crippen LogP contribution in [-0.4, -0.2) is 48.9 Å². The maximum absolute atomic E-state index is 12.1. The molecule has 2 fully saturated rings. The van der Waals surface area contributed by atoms with E-state index in [0.717, 1.165) is 51.9 Å². The van der Waals surface area contributed by atoms with E-state index < -0.39 is 6.04 Å². The summed E-state index contributed by atoms with van der Waals surface area (Å²) in [7, 11) is 0. The molecule has 2 unspecified atom stereocenters. The Balaban J connectivity index is 1.80. The second-order valence-electron chi connectivity index (χ2n) is 5.31. The van der Waals surface area contributed by atoms with Gasteiger partial charge in [0.05, 0.1) is 5.92 Å². The molecule has 0 aromatic heterocycles. The molecule has 2 atom stereocenters. The number of hydrogen-bond acceptors (Lipinski definition) is 3. The van der Waals surface area contributed by atoms with Crippen molar-refractivity contribution in [2.75, 3.05) is 26.2 Å². The summed E-state index contributed by atoms with van der Waals surface area (Å²) in [4.78, 5) is 25.9. The Bertz CT molecular complexity index is 307. The van der Waals surface area contributed by atoms with Gasteiger partial charge in [-0.3, -0.25) is 9.59 Å². The van der Waals surface area contributed by atoms with E-state index >= 15 is 0 Å². The van der Waals surface area contributed by atoms with Crippen LogP contribution in [0.5, 0.6) is 0 Å². The average molecular weight is 253 g/mol. The first-order valence-corrected chi connectivity index (χ1v) is 6.98. The van der Waals surface area contributed by atoms with Gasteiger partial charge in [-0.25, -0.2) is 0 Å². The second-order valence-corrected chi connectivity index (χ2v) is 5.31. The Labute approximate surface area is 108 Å². The fourth-order valence-corrected chi connectivity index (χ4v) is 2.68. The summed E-state index contributed by atoms with van der Waals surface area (Å²) < 4.78 is 0. The molecule has 18 heavy (non-hydrogen) atoms. The molecule has 2 aliphatic rings. The van der Waals surface area contributed by atoms with Crippen LogP contribution < -0.4 is 10.6 Å². The quantitative estimate of drug-likeness (QED) is 0.750. The van der Waals surface area contributed by atoms with Crippen molar-refractivity contribution < 1.29 is 9.59 Å². The zero-order valence-electron chi connectivity index (χ0n) is 11.1. The molecule has 0 aliphatic carbocycles. The number of nitrogens with zero attached hydrogens (tertiary/aromatic N) is 1. The van der Waals surface area contributed by atoms with Crippen LogP contribution >= 0.6 is 0 Å². The molecule has 5 heteroatoms. The van der Waals surface area contributed by atoms with Gasteiger partial charge in [0.2, 0.25) is 11.8 Å². The van der Waals surface area contributed by atoms with Crippen LogP contribution in [0.4, 0.5) is 0 Å². The van der Waals surface area contributed by atoms with Crippen molar-refractivity contribution in [3.05, 3.63) is 0 Å². The number of carbonyl (C=O) groups is 2. The smallest absolute Gasteiger partial charge is 0.244 e. The van der Waals surface area contributed by atoms with Crippen LogP contribution in [0.25, 0.3) is 0 Å². The van der Waals surface area contributed by atoms with E-state index in [9.17, 15) is 9.59 Å². The zero-order chi connectivity index (χ0) is 13.0. The topological polar surface area (TPSA) is 61.4 Å². The predicted octanol–water partition coefficient (Wildman–Crippen LogP) is 0.113. The molecule has 0 aromatic rings. The van der Waals surface area contributed by atoms with E-state index in [-0.39, 0.29) is 17.7 Å². The van der Waals surface area contributed by atoms with Gasteiger partial charge in [0.1, 0.15) is 6.04 Å². The molecule has 2 heterocycles. The molecule has 5 nitrogen and oxygen atoms in total. The van der Waals surface area contributed by atoms with Crippen molar-refractivity contribution in [1.29, 1.82) is 0 Å². The normalized spacial score (nSPS) is 25.8. The molecular weight excluding hydrogens is 230 g/mol. The highest BCUT2D eigenvalue weighted by Gasteiger charge is 2.27. The minimum absolute atomic E-state index is 0.0160. The number of amides is 2. The van der Waals surface area contributed by atoms with Gasteiger partial charge in [-0.05, 0) is 39.2 Å². The summed E-state index contributed by atoms with van der Waals surface area (Å²) in [5, 5.41) is 6.07. The molecule has 0 saturated carbocycles. The summed E-state index contributed by atoms with van der Waals surface area (Å²) in [5.41, 5.74) is 0. The van der Waals surface area contributed by atoms with Crippen molar-refractivity contribution in [1.82, 2.24) is 15.5 Å². The molecule has 2 N–H and O–H groups in total. The van der Waals surface area contributed by atoms with E-state index in [1.807, 2.05) is 4.90 Å². The molecule has 2 aliphatic heterocycles. The van der Waals surface area contributed by atoms with Gasteiger partial charge in [0.15, 0.2) is 0 Å². The summed E-state index contributed by atoms with van der Waals surface area (Å²) >= 11 is 0. The van der Waals surface area contributed by atoms with Gasteiger partial charge in [0, 0.05) is 19.6 Å². The lowest BCUT2D eigenvalue weighted by molar-refractivity contribution is -0.136. The Hall–Kier alpha value is -1.10. The largest absolute Gasteiger partial charge is 0.344 e. The van der Waals surface area contributed by atoms with Crippen molar-refractivity contribution >= 4 is 11.8 Å². The maximum atomic E-state index is 12.1. The van der Waals surface area contributed by atoms with Crippen LogP contribution in [0.1, 0.15) is 32.6 Å². The van der Waals surface area contributed by atoms with Crippen molar-refractivity contribution in [2.24, 2.45) is 5.92 Å². The number of rotatable bonds is 3. The minimum atomic E-state index is -0.391. The fraction of sp³-hybridized carbons (Fsp3) is 0.846. The SMILES string of the molecule is CC(NC(=O)C1CCCNC1)C(=O)N1CCCC1. The molecule has 2 saturated heterocycles. The molecule has 2 amide bonds. The first kappa shape index (κ1) is 13.3. The Morgan fingerprint density at radius 2 is 2.00 bits per heavy atom. The minimum Gasteiger partial charge on any atom is -0.344 e.